The van der Waals surface area contributed by atoms with E-state index in [-0.39, 0.29) is 12.3 Å². The highest BCUT2D eigenvalue weighted by Crippen LogP contribution is 2.43. The number of aliphatic carboxylic acids is 1. The van der Waals surface area contributed by atoms with E-state index in [9.17, 15) is 9.59 Å². The second kappa shape index (κ2) is 7.60. The van der Waals surface area contributed by atoms with E-state index in [4.69, 9.17) is 9.84 Å². The van der Waals surface area contributed by atoms with E-state index in [1.54, 1.807) is 31.4 Å². The Kier molecular flexibility index (Phi) is 5.26. The third kappa shape index (κ3) is 3.72. The lowest BCUT2D eigenvalue weighted by Crippen LogP contribution is -2.38. The number of ether oxygens (including phenoxy) is 1. The quantitative estimate of drug-likeness (QED) is 0.829. The molecular formula is C21H23NO4. The van der Waals surface area contributed by atoms with Gasteiger partial charge in [-0.2, -0.15) is 0 Å². The number of amides is 1. The minimum Gasteiger partial charge on any atom is -0.497 e. The number of hydrogen-bond acceptors (Lipinski definition) is 3. The van der Waals surface area contributed by atoms with Crippen molar-refractivity contribution in [2.45, 2.75) is 37.5 Å². The van der Waals surface area contributed by atoms with Crippen LogP contribution in [0.5, 0.6) is 5.75 Å². The molecule has 1 fully saturated rings. The largest absolute Gasteiger partial charge is 0.497 e. The summed E-state index contributed by atoms with van der Waals surface area (Å²) in [5, 5.41) is 11.9. The minimum atomic E-state index is -0.871. The molecule has 1 aliphatic rings. The fourth-order valence-electron chi connectivity index (χ4n) is 3.68. The molecule has 0 heterocycles. The van der Waals surface area contributed by atoms with E-state index in [2.05, 4.69) is 5.32 Å². The second-order valence-electron chi connectivity index (χ2n) is 6.74. The van der Waals surface area contributed by atoms with Crippen molar-refractivity contribution in [1.82, 2.24) is 0 Å². The first kappa shape index (κ1) is 18.0. The molecule has 0 unspecified atom stereocenters. The molecule has 0 saturated heterocycles. The summed E-state index contributed by atoms with van der Waals surface area (Å²) in [5.41, 5.74) is 1.82. The number of carbonyl (C=O) groups is 2. The molecule has 5 nitrogen and oxygen atoms in total. The monoisotopic (exact) mass is 353 g/mol. The Hall–Kier alpha value is -2.82. The molecule has 2 aromatic rings. The Balaban J connectivity index is 1.82. The number of rotatable bonds is 6. The van der Waals surface area contributed by atoms with Gasteiger partial charge in [-0.1, -0.05) is 37.1 Å². The number of carbonyl (C=O) groups excluding carboxylic acids is 1. The zero-order valence-corrected chi connectivity index (χ0v) is 14.8. The number of hydrogen-bond donors (Lipinski definition) is 2. The molecular weight excluding hydrogens is 330 g/mol. The molecule has 0 radical (unpaired) electrons. The topological polar surface area (TPSA) is 75.6 Å². The van der Waals surface area contributed by atoms with Gasteiger partial charge in [-0.05, 0) is 48.2 Å². The molecule has 2 aromatic carbocycles. The van der Waals surface area contributed by atoms with Gasteiger partial charge in [-0.15, -0.1) is 0 Å². The Labute approximate surface area is 153 Å². The van der Waals surface area contributed by atoms with Crippen LogP contribution in [0.25, 0.3) is 0 Å². The van der Waals surface area contributed by atoms with Crippen molar-refractivity contribution >= 4 is 17.6 Å². The van der Waals surface area contributed by atoms with Crippen LogP contribution >= 0.6 is 0 Å². The SMILES string of the molecule is COc1cccc(C2(C(=O)Nc3ccc(CC(=O)O)cc3)CCCC2)c1. The average Bonchev–Trinajstić information content (AvgIpc) is 3.14. The normalized spacial score (nSPS) is 15.4. The van der Waals surface area contributed by atoms with Gasteiger partial charge in [0.15, 0.2) is 0 Å². The number of methoxy groups -OCH3 is 1. The maximum Gasteiger partial charge on any atom is 0.307 e. The van der Waals surface area contributed by atoms with Crippen LogP contribution in [0.1, 0.15) is 36.8 Å². The fourth-order valence-corrected chi connectivity index (χ4v) is 3.68. The standard InChI is InChI=1S/C21H23NO4/c1-26-18-6-4-5-16(14-18)21(11-2-3-12-21)20(25)22-17-9-7-15(8-10-17)13-19(23)24/h4-10,14H,2-3,11-13H2,1H3,(H,22,25)(H,23,24). The lowest BCUT2D eigenvalue weighted by Gasteiger charge is -2.28. The fraction of sp³-hybridized carbons (Fsp3) is 0.333. The van der Waals surface area contributed by atoms with E-state index in [0.29, 0.717) is 11.3 Å². The van der Waals surface area contributed by atoms with Gasteiger partial charge in [0.2, 0.25) is 5.91 Å². The molecule has 0 spiro atoms. The summed E-state index contributed by atoms with van der Waals surface area (Å²) in [7, 11) is 1.62. The Bertz CT molecular complexity index is 792. The molecule has 1 saturated carbocycles. The van der Waals surface area contributed by atoms with Gasteiger partial charge in [0, 0.05) is 5.69 Å². The van der Waals surface area contributed by atoms with Crippen LogP contribution in [0.2, 0.25) is 0 Å². The van der Waals surface area contributed by atoms with Crippen LogP contribution in [0.3, 0.4) is 0 Å². The van der Waals surface area contributed by atoms with Gasteiger partial charge in [-0.3, -0.25) is 9.59 Å². The zero-order chi connectivity index (χ0) is 18.6. The van der Waals surface area contributed by atoms with Crippen LogP contribution in [-0.2, 0) is 21.4 Å². The van der Waals surface area contributed by atoms with Gasteiger partial charge < -0.3 is 15.2 Å². The molecule has 0 atom stereocenters. The number of carboxylic acid groups (broad SMARTS) is 1. The number of nitrogens with one attached hydrogen (secondary N) is 1. The predicted octanol–water partition coefficient (Wildman–Crippen LogP) is 3.77. The van der Waals surface area contributed by atoms with E-state index < -0.39 is 11.4 Å². The van der Waals surface area contributed by atoms with Gasteiger partial charge in [0.1, 0.15) is 5.75 Å². The highest BCUT2D eigenvalue weighted by Gasteiger charge is 2.42. The highest BCUT2D eigenvalue weighted by molar-refractivity contribution is 5.99. The lowest BCUT2D eigenvalue weighted by atomic mass is 9.78. The van der Waals surface area contributed by atoms with Crippen LogP contribution in [-0.4, -0.2) is 24.1 Å². The summed E-state index contributed by atoms with van der Waals surface area (Å²) < 4.78 is 5.32. The minimum absolute atomic E-state index is 0.0192. The number of benzene rings is 2. The smallest absolute Gasteiger partial charge is 0.307 e. The molecule has 136 valence electrons. The molecule has 0 bridgehead atoms. The van der Waals surface area contributed by atoms with Crippen molar-refractivity contribution in [2.75, 3.05) is 12.4 Å². The van der Waals surface area contributed by atoms with Crippen molar-refractivity contribution < 1.29 is 19.4 Å². The highest BCUT2D eigenvalue weighted by atomic mass is 16.5. The van der Waals surface area contributed by atoms with Crippen LogP contribution in [0.15, 0.2) is 48.5 Å². The lowest BCUT2D eigenvalue weighted by molar-refractivity contribution is -0.136. The Morgan fingerprint density at radius 2 is 1.81 bits per heavy atom. The van der Waals surface area contributed by atoms with Crippen LogP contribution in [0.4, 0.5) is 5.69 Å². The summed E-state index contributed by atoms with van der Waals surface area (Å²) in [6.45, 7) is 0. The van der Waals surface area contributed by atoms with Gasteiger partial charge >= 0.3 is 5.97 Å². The first-order chi connectivity index (χ1) is 12.5. The first-order valence-corrected chi connectivity index (χ1v) is 8.80. The van der Waals surface area contributed by atoms with E-state index in [0.717, 1.165) is 37.0 Å². The molecule has 1 amide bonds. The van der Waals surface area contributed by atoms with Gasteiger partial charge in [0.05, 0.1) is 18.9 Å². The first-order valence-electron chi connectivity index (χ1n) is 8.80. The van der Waals surface area contributed by atoms with Crippen molar-refractivity contribution in [1.29, 1.82) is 0 Å². The second-order valence-corrected chi connectivity index (χ2v) is 6.74. The third-order valence-corrected chi connectivity index (χ3v) is 5.08. The van der Waals surface area contributed by atoms with Gasteiger partial charge in [-0.25, -0.2) is 0 Å². The van der Waals surface area contributed by atoms with Gasteiger partial charge in [0.25, 0.3) is 0 Å². The summed E-state index contributed by atoms with van der Waals surface area (Å²) in [4.78, 5) is 23.9. The maximum atomic E-state index is 13.2. The molecule has 3 rings (SSSR count). The van der Waals surface area contributed by atoms with Crippen LogP contribution in [0, 0.1) is 0 Å². The molecule has 26 heavy (non-hydrogen) atoms. The van der Waals surface area contributed by atoms with Crippen molar-refractivity contribution in [3.05, 3.63) is 59.7 Å². The summed E-state index contributed by atoms with van der Waals surface area (Å²) in [6.07, 6.45) is 3.62. The van der Waals surface area contributed by atoms with Crippen molar-refractivity contribution in [2.24, 2.45) is 0 Å². The molecule has 5 heteroatoms. The third-order valence-electron chi connectivity index (χ3n) is 5.08. The number of carboxylic acids is 1. The van der Waals surface area contributed by atoms with E-state index >= 15 is 0 Å². The Morgan fingerprint density at radius 3 is 2.42 bits per heavy atom. The molecule has 2 N–H and O–H groups in total. The zero-order valence-electron chi connectivity index (χ0n) is 14.8. The number of anilines is 1. The summed E-state index contributed by atoms with van der Waals surface area (Å²) >= 11 is 0. The maximum absolute atomic E-state index is 13.2. The Morgan fingerprint density at radius 1 is 1.12 bits per heavy atom. The summed E-state index contributed by atoms with van der Waals surface area (Å²) in [6, 6.07) is 14.7. The average molecular weight is 353 g/mol. The summed E-state index contributed by atoms with van der Waals surface area (Å²) in [5.74, 6) is -0.140. The van der Waals surface area contributed by atoms with Crippen molar-refractivity contribution in [3.63, 3.8) is 0 Å². The predicted molar refractivity (Wildman–Crippen MR) is 99.6 cm³/mol. The van der Waals surface area contributed by atoms with Crippen LogP contribution < -0.4 is 10.1 Å². The van der Waals surface area contributed by atoms with E-state index in [1.165, 1.54) is 0 Å². The molecule has 0 aliphatic heterocycles. The molecule has 1 aliphatic carbocycles. The van der Waals surface area contributed by atoms with Crippen molar-refractivity contribution in [3.8, 4) is 5.75 Å². The molecule has 0 aromatic heterocycles. The van der Waals surface area contributed by atoms with E-state index in [1.807, 2.05) is 24.3 Å².